The Labute approximate surface area is 95.6 Å². The first kappa shape index (κ1) is 9.33. The van der Waals surface area contributed by atoms with Crippen molar-refractivity contribution in [3.8, 4) is 0 Å². The Hall–Kier alpha value is -0.900. The smallest absolute Gasteiger partial charge is 0.0854 e. The van der Waals surface area contributed by atoms with E-state index in [1.54, 1.807) is 22.7 Å². The summed E-state index contributed by atoms with van der Waals surface area (Å²) in [6, 6.07) is 8.57. The third kappa shape index (κ3) is 1.39. The van der Waals surface area contributed by atoms with Crippen LogP contribution in [0.1, 0.15) is 17.9 Å². The van der Waals surface area contributed by atoms with E-state index in [1.165, 1.54) is 20.2 Å². The summed E-state index contributed by atoms with van der Waals surface area (Å²) < 4.78 is 2.58. The third-order valence-corrected chi connectivity index (χ3v) is 4.72. The van der Waals surface area contributed by atoms with Crippen molar-refractivity contribution in [1.82, 2.24) is 0 Å². The van der Waals surface area contributed by atoms with Crippen molar-refractivity contribution in [2.45, 2.75) is 13.0 Å². The lowest BCUT2D eigenvalue weighted by atomic mass is 10.1. The molecule has 3 rings (SSSR count). The van der Waals surface area contributed by atoms with Gasteiger partial charge in [0.2, 0.25) is 0 Å². The number of hydrogen-bond donors (Lipinski definition) is 1. The molecule has 76 valence electrons. The van der Waals surface area contributed by atoms with E-state index in [-0.39, 0.29) is 6.10 Å². The van der Waals surface area contributed by atoms with E-state index in [0.717, 1.165) is 4.88 Å². The Bertz CT molecular complexity index is 619. The van der Waals surface area contributed by atoms with Crippen LogP contribution < -0.4 is 0 Å². The summed E-state index contributed by atoms with van der Waals surface area (Å²) in [5.41, 5.74) is 0. The molecule has 1 nitrogen and oxygen atoms in total. The summed E-state index contributed by atoms with van der Waals surface area (Å²) in [6.45, 7) is 1.82. The summed E-state index contributed by atoms with van der Waals surface area (Å²) in [5, 5.41) is 14.3. The van der Waals surface area contributed by atoms with E-state index in [2.05, 4.69) is 29.6 Å². The average Bonchev–Trinajstić information content (AvgIpc) is 2.82. The molecule has 1 aromatic carbocycles. The highest BCUT2D eigenvalue weighted by atomic mass is 32.1. The lowest BCUT2D eigenvalue weighted by molar-refractivity contribution is 0.203. The Balaban J connectivity index is 2.41. The molecule has 0 spiro atoms. The minimum absolute atomic E-state index is 0.365. The van der Waals surface area contributed by atoms with Crippen molar-refractivity contribution in [1.29, 1.82) is 0 Å². The average molecular weight is 234 g/mol. The van der Waals surface area contributed by atoms with Crippen molar-refractivity contribution in [2.24, 2.45) is 0 Å². The Morgan fingerprint density at radius 1 is 1.13 bits per heavy atom. The van der Waals surface area contributed by atoms with Crippen molar-refractivity contribution < 1.29 is 5.11 Å². The summed E-state index contributed by atoms with van der Waals surface area (Å²) in [7, 11) is 0. The molecule has 0 fully saturated rings. The molecule has 0 aliphatic rings. The first-order chi connectivity index (χ1) is 7.25. The van der Waals surface area contributed by atoms with Gasteiger partial charge in [0.25, 0.3) is 0 Å². The van der Waals surface area contributed by atoms with Crippen molar-refractivity contribution >= 4 is 42.8 Å². The zero-order valence-corrected chi connectivity index (χ0v) is 9.86. The SMILES string of the molecule is CC(O)c1cc2c(ccc3sccc32)s1. The number of thiophene rings is 2. The first-order valence-corrected chi connectivity index (χ1v) is 6.53. The fourth-order valence-corrected chi connectivity index (χ4v) is 3.61. The van der Waals surface area contributed by atoms with Gasteiger partial charge < -0.3 is 5.11 Å². The lowest BCUT2D eigenvalue weighted by Crippen LogP contribution is -1.83. The summed E-state index contributed by atoms with van der Waals surface area (Å²) in [4.78, 5) is 1.05. The van der Waals surface area contributed by atoms with E-state index < -0.39 is 0 Å². The molecule has 0 amide bonds. The predicted molar refractivity (Wildman–Crippen MR) is 67.8 cm³/mol. The number of rotatable bonds is 1. The highest BCUT2D eigenvalue weighted by Gasteiger charge is 2.09. The van der Waals surface area contributed by atoms with Crippen LogP contribution in [-0.4, -0.2) is 5.11 Å². The summed E-state index contributed by atoms with van der Waals surface area (Å²) in [6.07, 6.45) is -0.365. The molecular formula is C12H10OS2. The minimum Gasteiger partial charge on any atom is -0.388 e. The maximum absolute atomic E-state index is 9.56. The van der Waals surface area contributed by atoms with Gasteiger partial charge in [0, 0.05) is 25.0 Å². The quantitative estimate of drug-likeness (QED) is 0.670. The number of aliphatic hydroxyl groups is 1. The fourth-order valence-electron chi connectivity index (χ4n) is 1.79. The molecule has 2 heterocycles. The highest BCUT2D eigenvalue weighted by Crippen LogP contribution is 2.36. The zero-order valence-electron chi connectivity index (χ0n) is 8.23. The van der Waals surface area contributed by atoms with Crippen LogP contribution in [0.3, 0.4) is 0 Å². The molecule has 0 saturated heterocycles. The van der Waals surface area contributed by atoms with Gasteiger partial charge in [-0.15, -0.1) is 22.7 Å². The van der Waals surface area contributed by atoms with Gasteiger partial charge in [0.1, 0.15) is 0 Å². The minimum atomic E-state index is -0.365. The van der Waals surface area contributed by atoms with Gasteiger partial charge in [-0.1, -0.05) is 0 Å². The van der Waals surface area contributed by atoms with Gasteiger partial charge in [-0.05, 0) is 36.6 Å². The highest BCUT2D eigenvalue weighted by molar-refractivity contribution is 7.20. The molecule has 1 N–H and O–H groups in total. The number of hydrogen-bond acceptors (Lipinski definition) is 3. The number of aliphatic hydroxyl groups excluding tert-OH is 1. The Morgan fingerprint density at radius 3 is 2.73 bits per heavy atom. The van der Waals surface area contributed by atoms with E-state index >= 15 is 0 Å². The molecule has 15 heavy (non-hydrogen) atoms. The fraction of sp³-hybridized carbons (Fsp3) is 0.167. The van der Waals surface area contributed by atoms with Gasteiger partial charge >= 0.3 is 0 Å². The molecule has 0 radical (unpaired) electrons. The number of benzene rings is 1. The van der Waals surface area contributed by atoms with Gasteiger partial charge in [0.15, 0.2) is 0 Å². The zero-order chi connectivity index (χ0) is 10.4. The molecule has 0 aliphatic carbocycles. The van der Waals surface area contributed by atoms with Crippen molar-refractivity contribution in [2.75, 3.05) is 0 Å². The predicted octanol–water partition coefficient (Wildman–Crippen LogP) is 4.17. The molecule has 3 heteroatoms. The van der Waals surface area contributed by atoms with Crippen LogP contribution in [0.4, 0.5) is 0 Å². The maximum atomic E-state index is 9.56. The molecule has 1 unspecified atom stereocenters. The second-order valence-corrected chi connectivity index (χ2v) is 5.70. The first-order valence-electron chi connectivity index (χ1n) is 4.83. The van der Waals surface area contributed by atoms with E-state index in [4.69, 9.17) is 0 Å². The largest absolute Gasteiger partial charge is 0.388 e. The van der Waals surface area contributed by atoms with Gasteiger partial charge in [-0.3, -0.25) is 0 Å². The van der Waals surface area contributed by atoms with Crippen LogP contribution in [0.25, 0.3) is 20.2 Å². The van der Waals surface area contributed by atoms with Crippen LogP contribution in [0.15, 0.2) is 29.6 Å². The van der Waals surface area contributed by atoms with Crippen LogP contribution >= 0.6 is 22.7 Å². The van der Waals surface area contributed by atoms with Crippen LogP contribution in [0, 0.1) is 0 Å². The molecular weight excluding hydrogens is 224 g/mol. The summed E-state index contributed by atoms with van der Waals surface area (Å²) in [5.74, 6) is 0. The summed E-state index contributed by atoms with van der Waals surface area (Å²) >= 11 is 3.44. The molecule has 0 saturated carbocycles. The van der Waals surface area contributed by atoms with Crippen LogP contribution in [-0.2, 0) is 0 Å². The monoisotopic (exact) mass is 234 g/mol. The molecule has 2 aromatic heterocycles. The second kappa shape index (κ2) is 3.30. The topological polar surface area (TPSA) is 20.2 Å². The van der Waals surface area contributed by atoms with Crippen molar-refractivity contribution in [3.05, 3.63) is 34.5 Å². The molecule has 3 aromatic rings. The normalized spacial score (nSPS) is 13.7. The molecule has 0 bridgehead atoms. The van der Waals surface area contributed by atoms with Gasteiger partial charge in [-0.2, -0.15) is 0 Å². The van der Waals surface area contributed by atoms with E-state index in [9.17, 15) is 5.11 Å². The van der Waals surface area contributed by atoms with Crippen molar-refractivity contribution in [3.63, 3.8) is 0 Å². The number of fused-ring (bicyclic) bond motifs is 3. The standard InChI is InChI=1S/C12H10OS2/c1-7(13)12-6-9-8-4-5-14-10(8)2-3-11(9)15-12/h2-7,13H,1H3. The Kier molecular flexibility index (Phi) is 2.06. The van der Waals surface area contributed by atoms with Gasteiger partial charge in [-0.25, -0.2) is 0 Å². The van der Waals surface area contributed by atoms with Crippen LogP contribution in [0.5, 0.6) is 0 Å². The molecule has 0 aliphatic heterocycles. The maximum Gasteiger partial charge on any atom is 0.0854 e. The Morgan fingerprint density at radius 2 is 1.93 bits per heavy atom. The van der Waals surface area contributed by atoms with Crippen LogP contribution in [0.2, 0.25) is 0 Å². The third-order valence-electron chi connectivity index (χ3n) is 2.56. The molecule has 1 atom stereocenters. The van der Waals surface area contributed by atoms with Gasteiger partial charge in [0.05, 0.1) is 6.10 Å². The lowest BCUT2D eigenvalue weighted by Gasteiger charge is -1.95. The van der Waals surface area contributed by atoms with E-state index in [1.807, 2.05) is 6.92 Å². The second-order valence-electron chi connectivity index (χ2n) is 3.63. The van der Waals surface area contributed by atoms with E-state index in [0.29, 0.717) is 0 Å².